The van der Waals surface area contributed by atoms with Crippen LogP contribution in [-0.2, 0) is 0 Å². The van der Waals surface area contributed by atoms with E-state index in [1.54, 1.807) is 6.08 Å². The molecule has 2 aromatic carbocycles. The van der Waals surface area contributed by atoms with E-state index in [-0.39, 0.29) is 5.78 Å². The lowest BCUT2D eigenvalue weighted by molar-refractivity contribution is 0.104. The maximum atomic E-state index is 12.2. The second-order valence-corrected chi connectivity index (χ2v) is 5.51. The van der Waals surface area contributed by atoms with Gasteiger partial charge >= 0.3 is 0 Å². The number of rotatable bonds is 9. The molecule has 0 unspecified atom stereocenters. The van der Waals surface area contributed by atoms with E-state index in [0.29, 0.717) is 12.2 Å². The van der Waals surface area contributed by atoms with Crippen LogP contribution in [0.5, 0.6) is 5.75 Å². The van der Waals surface area contributed by atoms with E-state index in [9.17, 15) is 4.79 Å². The van der Waals surface area contributed by atoms with Gasteiger partial charge in [0.2, 0.25) is 0 Å². The van der Waals surface area contributed by atoms with E-state index >= 15 is 0 Å². The van der Waals surface area contributed by atoms with Crippen LogP contribution in [-0.4, -0.2) is 36.9 Å². The molecule has 3 heteroatoms. The second-order valence-electron chi connectivity index (χ2n) is 5.51. The van der Waals surface area contributed by atoms with Crippen molar-refractivity contribution in [3.8, 4) is 5.75 Å². The molecule has 0 amide bonds. The first-order chi connectivity index (χ1) is 11.7. The third-order valence-electron chi connectivity index (χ3n) is 3.94. The van der Waals surface area contributed by atoms with Crippen LogP contribution < -0.4 is 4.74 Å². The molecule has 126 valence electrons. The minimum absolute atomic E-state index is 0.00598. The summed E-state index contributed by atoms with van der Waals surface area (Å²) in [6.07, 6.45) is 3.43. The minimum atomic E-state index is -0.00598. The van der Waals surface area contributed by atoms with Gasteiger partial charge in [0.1, 0.15) is 12.4 Å². The van der Waals surface area contributed by atoms with E-state index in [0.717, 1.165) is 30.9 Å². The molecule has 0 aliphatic rings. The third kappa shape index (κ3) is 5.67. The lowest BCUT2D eigenvalue weighted by atomic mass is 10.1. The maximum absolute atomic E-state index is 12.2. The van der Waals surface area contributed by atoms with Crippen LogP contribution in [0.1, 0.15) is 29.8 Å². The van der Waals surface area contributed by atoms with Gasteiger partial charge in [-0.05, 0) is 49.0 Å². The summed E-state index contributed by atoms with van der Waals surface area (Å²) in [7, 11) is 0. The molecule has 24 heavy (non-hydrogen) atoms. The zero-order valence-electron chi connectivity index (χ0n) is 14.4. The Bertz CT molecular complexity index is 643. The van der Waals surface area contributed by atoms with Crippen LogP contribution in [0, 0.1) is 0 Å². The summed E-state index contributed by atoms with van der Waals surface area (Å²) < 4.78 is 5.73. The Morgan fingerprint density at radius 1 is 1.00 bits per heavy atom. The number of ketones is 1. The molecule has 0 atom stereocenters. The predicted molar refractivity (Wildman–Crippen MR) is 99.5 cm³/mol. The number of allylic oxidation sites excluding steroid dienone is 1. The largest absolute Gasteiger partial charge is 0.492 e. The monoisotopic (exact) mass is 323 g/mol. The van der Waals surface area contributed by atoms with Gasteiger partial charge < -0.3 is 9.64 Å². The Labute approximate surface area is 144 Å². The van der Waals surface area contributed by atoms with Gasteiger partial charge in [-0.3, -0.25) is 4.79 Å². The van der Waals surface area contributed by atoms with Gasteiger partial charge in [0.25, 0.3) is 0 Å². The van der Waals surface area contributed by atoms with E-state index in [1.165, 1.54) is 0 Å². The Hall–Kier alpha value is -2.39. The lowest BCUT2D eigenvalue weighted by Gasteiger charge is -2.17. The SMILES string of the molecule is CCN(CC)CCOc1ccc(C(=O)/C=C\c2ccccc2)cc1. The number of benzene rings is 2. The van der Waals surface area contributed by atoms with Crippen LogP contribution in [0.3, 0.4) is 0 Å². The van der Waals surface area contributed by atoms with Gasteiger partial charge in [0.15, 0.2) is 5.78 Å². The number of nitrogens with zero attached hydrogens (tertiary/aromatic N) is 1. The molecular weight excluding hydrogens is 298 g/mol. The molecule has 0 heterocycles. The van der Waals surface area contributed by atoms with Crippen LogP contribution in [0.2, 0.25) is 0 Å². The molecule has 0 aliphatic carbocycles. The van der Waals surface area contributed by atoms with Gasteiger partial charge in [-0.25, -0.2) is 0 Å². The molecule has 3 nitrogen and oxygen atoms in total. The number of hydrogen-bond donors (Lipinski definition) is 0. The molecule has 0 radical (unpaired) electrons. The van der Waals surface area contributed by atoms with Crippen LogP contribution in [0.25, 0.3) is 6.08 Å². The highest BCUT2D eigenvalue weighted by molar-refractivity contribution is 6.06. The topological polar surface area (TPSA) is 29.5 Å². The van der Waals surface area contributed by atoms with Crippen LogP contribution >= 0.6 is 0 Å². The van der Waals surface area contributed by atoms with Crippen molar-refractivity contribution in [2.75, 3.05) is 26.2 Å². The molecule has 0 aliphatic heterocycles. The minimum Gasteiger partial charge on any atom is -0.492 e. The third-order valence-corrected chi connectivity index (χ3v) is 3.94. The molecule has 0 fully saturated rings. The Kier molecular flexibility index (Phi) is 7.24. The highest BCUT2D eigenvalue weighted by Crippen LogP contribution is 2.13. The molecule has 0 saturated carbocycles. The summed E-state index contributed by atoms with van der Waals surface area (Å²) in [5, 5.41) is 0. The molecule has 2 aromatic rings. The van der Waals surface area contributed by atoms with Gasteiger partial charge in [-0.1, -0.05) is 50.3 Å². The fourth-order valence-corrected chi connectivity index (χ4v) is 2.38. The summed E-state index contributed by atoms with van der Waals surface area (Å²) in [5.41, 5.74) is 1.68. The Morgan fingerprint density at radius 3 is 2.29 bits per heavy atom. The summed E-state index contributed by atoms with van der Waals surface area (Å²) in [6, 6.07) is 17.1. The molecule has 0 spiro atoms. The first-order valence-corrected chi connectivity index (χ1v) is 8.45. The Balaban J connectivity index is 1.87. The standard InChI is InChI=1S/C21H25NO2/c1-3-22(4-2)16-17-24-20-13-11-19(12-14-20)21(23)15-10-18-8-6-5-7-9-18/h5-15H,3-4,16-17H2,1-2H3/b15-10-. The summed E-state index contributed by atoms with van der Waals surface area (Å²) in [4.78, 5) is 14.5. The van der Waals surface area contributed by atoms with Crippen molar-refractivity contribution in [1.29, 1.82) is 0 Å². The fraction of sp³-hybridized carbons (Fsp3) is 0.286. The highest BCUT2D eigenvalue weighted by atomic mass is 16.5. The molecule has 2 rings (SSSR count). The quantitative estimate of drug-likeness (QED) is 0.509. The van der Waals surface area contributed by atoms with Crippen molar-refractivity contribution in [2.24, 2.45) is 0 Å². The smallest absolute Gasteiger partial charge is 0.185 e. The number of carbonyl (C=O) groups is 1. The van der Waals surface area contributed by atoms with Gasteiger partial charge in [0, 0.05) is 12.1 Å². The zero-order valence-corrected chi connectivity index (χ0v) is 14.4. The first kappa shape index (κ1) is 18.0. The van der Waals surface area contributed by atoms with Crippen molar-refractivity contribution in [2.45, 2.75) is 13.8 Å². The van der Waals surface area contributed by atoms with Crippen LogP contribution in [0.4, 0.5) is 0 Å². The summed E-state index contributed by atoms with van der Waals surface area (Å²) in [6.45, 7) is 7.91. The summed E-state index contributed by atoms with van der Waals surface area (Å²) in [5.74, 6) is 0.791. The number of hydrogen-bond acceptors (Lipinski definition) is 3. The molecule has 0 saturated heterocycles. The van der Waals surface area contributed by atoms with Crippen molar-refractivity contribution in [3.05, 3.63) is 71.8 Å². The average Bonchev–Trinajstić information content (AvgIpc) is 2.64. The normalized spacial score (nSPS) is 11.1. The van der Waals surface area contributed by atoms with Gasteiger partial charge in [-0.15, -0.1) is 0 Å². The fourth-order valence-electron chi connectivity index (χ4n) is 2.38. The second kappa shape index (κ2) is 9.68. The molecular formula is C21H25NO2. The maximum Gasteiger partial charge on any atom is 0.185 e. The summed E-state index contributed by atoms with van der Waals surface area (Å²) >= 11 is 0. The number of carbonyl (C=O) groups excluding carboxylic acids is 1. The Morgan fingerprint density at radius 2 is 1.67 bits per heavy atom. The van der Waals surface area contributed by atoms with E-state index in [2.05, 4.69) is 18.7 Å². The molecule has 0 N–H and O–H groups in total. The van der Waals surface area contributed by atoms with E-state index < -0.39 is 0 Å². The zero-order chi connectivity index (χ0) is 17.2. The van der Waals surface area contributed by atoms with Gasteiger partial charge in [0.05, 0.1) is 0 Å². The van der Waals surface area contributed by atoms with Crippen molar-refractivity contribution < 1.29 is 9.53 Å². The predicted octanol–water partition coefficient (Wildman–Crippen LogP) is 4.30. The van der Waals surface area contributed by atoms with Gasteiger partial charge in [-0.2, -0.15) is 0 Å². The molecule has 0 bridgehead atoms. The first-order valence-electron chi connectivity index (χ1n) is 8.45. The van der Waals surface area contributed by atoms with Crippen LogP contribution in [0.15, 0.2) is 60.7 Å². The van der Waals surface area contributed by atoms with E-state index in [4.69, 9.17) is 4.74 Å². The average molecular weight is 323 g/mol. The highest BCUT2D eigenvalue weighted by Gasteiger charge is 2.03. The van der Waals surface area contributed by atoms with Crippen molar-refractivity contribution >= 4 is 11.9 Å². The lowest BCUT2D eigenvalue weighted by Crippen LogP contribution is -2.27. The van der Waals surface area contributed by atoms with Crippen molar-refractivity contribution in [1.82, 2.24) is 4.90 Å². The van der Waals surface area contributed by atoms with E-state index in [1.807, 2.05) is 60.7 Å². The number of ether oxygens (including phenoxy) is 1. The number of likely N-dealkylation sites (N-methyl/N-ethyl adjacent to an activating group) is 1. The van der Waals surface area contributed by atoms with Crippen molar-refractivity contribution in [3.63, 3.8) is 0 Å². The molecule has 0 aromatic heterocycles.